The van der Waals surface area contributed by atoms with Crippen LogP contribution in [0.15, 0.2) is 0 Å². The molecule has 1 aliphatic carbocycles. The summed E-state index contributed by atoms with van der Waals surface area (Å²) in [6.45, 7) is 3.47. The molecule has 0 bridgehead atoms. The molecule has 2 aliphatic rings. The van der Waals surface area contributed by atoms with E-state index in [0.717, 1.165) is 12.6 Å². The van der Waals surface area contributed by atoms with E-state index in [2.05, 4.69) is 12.2 Å². The molecule has 1 N–H and O–H groups in total. The van der Waals surface area contributed by atoms with E-state index in [9.17, 15) is 4.79 Å². The Morgan fingerprint density at radius 3 is 2.75 bits per heavy atom. The monoisotopic (exact) mass is 168 g/mol. The highest BCUT2D eigenvalue weighted by molar-refractivity contribution is 5.80. The minimum atomic E-state index is 0.273. The highest BCUT2D eigenvalue weighted by Gasteiger charge is 2.32. The first-order valence-corrected chi connectivity index (χ1v) is 4.79. The molecule has 1 saturated carbocycles. The molecular formula is C9H16N2O. The average Bonchev–Trinajstić information content (AvgIpc) is 2.31. The summed E-state index contributed by atoms with van der Waals surface area (Å²) in [5.74, 6) is 1.04. The maximum atomic E-state index is 11.3. The largest absolute Gasteiger partial charge is 0.326 e. The Labute approximate surface area is 73.1 Å². The molecular weight excluding hydrogens is 152 g/mol. The van der Waals surface area contributed by atoms with Crippen LogP contribution in [0.2, 0.25) is 0 Å². The average molecular weight is 168 g/mol. The predicted molar refractivity (Wildman–Crippen MR) is 46.5 cm³/mol. The molecule has 2 fully saturated rings. The van der Waals surface area contributed by atoms with Crippen molar-refractivity contribution in [1.29, 1.82) is 0 Å². The highest BCUT2D eigenvalue weighted by atomic mass is 16.2. The lowest BCUT2D eigenvalue weighted by Crippen LogP contribution is -2.42. The summed E-state index contributed by atoms with van der Waals surface area (Å²) in [7, 11) is 0. The first kappa shape index (κ1) is 8.05. The zero-order chi connectivity index (χ0) is 8.55. The summed E-state index contributed by atoms with van der Waals surface area (Å²) in [4.78, 5) is 13.3. The lowest BCUT2D eigenvalue weighted by Gasteiger charge is -2.36. The highest BCUT2D eigenvalue weighted by Crippen LogP contribution is 2.32. The van der Waals surface area contributed by atoms with Crippen LogP contribution < -0.4 is 5.32 Å². The Kier molecular flexibility index (Phi) is 2.05. The van der Waals surface area contributed by atoms with Crippen molar-refractivity contribution in [3.63, 3.8) is 0 Å². The van der Waals surface area contributed by atoms with Crippen LogP contribution in [-0.4, -0.2) is 30.1 Å². The van der Waals surface area contributed by atoms with Gasteiger partial charge in [0, 0.05) is 6.04 Å². The van der Waals surface area contributed by atoms with Gasteiger partial charge < -0.3 is 4.90 Å². The van der Waals surface area contributed by atoms with E-state index in [1.807, 2.05) is 4.90 Å². The smallest absolute Gasteiger partial charge is 0.237 e. The van der Waals surface area contributed by atoms with Crippen LogP contribution in [0, 0.1) is 5.92 Å². The normalized spacial score (nSPS) is 27.4. The molecule has 1 heterocycles. The fourth-order valence-corrected chi connectivity index (χ4v) is 2.02. The molecule has 1 aliphatic heterocycles. The van der Waals surface area contributed by atoms with Crippen molar-refractivity contribution in [2.75, 3.05) is 13.2 Å². The Morgan fingerprint density at radius 1 is 1.58 bits per heavy atom. The Balaban J connectivity index is 1.93. The molecule has 1 amide bonds. The molecule has 0 aromatic heterocycles. The van der Waals surface area contributed by atoms with Gasteiger partial charge in [-0.25, -0.2) is 0 Å². The number of nitrogens with zero attached hydrogens (tertiary/aromatic N) is 1. The standard InChI is InChI=1S/C9H16N2O/c1-7(8-3-2-4-8)11-6-10-5-9(11)12/h7-8,10H,2-6H2,1H3. The van der Waals surface area contributed by atoms with Crippen molar-refractivity contribution < 1.29 is 4.79 Å². The quantitative estimate of drug-likeness (QED) is 0.653. The molecule has 1 unspecified atom stereocenters. The molecule has 0 aromatic carbocycles. The second kappa shape index (κ2) is 3.05. The third-order valence-corrected chi connectivity index (χ3v) is 3.20. The van der Waals surface area contributed by atoms with Gasteiger partial charge in [0.05, 0.1) is 13.2 Å². The molecule has 12 heavy (non-hydrogen) atoms. The Morgan fingerprint density at radius 2 is 2.33 bits per heavy atom. The van der Waals surface area contributed by atoms with E-state index in [-0.39, 0.29) is 5.91 Å². The maximum absolute atomic E-state index is 11.3. The fraction of sp³-hybridized carbons (Fsp3) is 0.889. The molecule has 68 valence electrons. The van der Waals surface area contributed by atoms with E-state index >= 15 is 0 Å². The van der Waals surface area contributed by atoms with Gasteiger partial charge in [-0.15, -0.1) is 0 Å². The van der Waals surface area contributed by atoms with E-state index in [1.165, 1.54) is 19.3 Å². The number of nitrogens with one attached hydrogen (secondary N) is 1. The van der Waals surface area contributed by atoms with Crippen LogP contribution in [0.4, 0.5) is 0 Å². The zero-order valence-corrected chi connectivity index (χ0v) is 7.55. The van der Waals surface area contributed by atoms with Crippen molar-refractivity contribution >= 4 is 5.91 Å². The van der Waals surface area contributed by atoms with Crippen molar-refractivity contribution in [3.05, 3.63) is 0 Å². The molecule has 3 heteroatoms. The minimum absolute atomic E-state index is 0.273. The summed E-state index contributed by atoms with van der Waals surface area (Å²) in [6.07, 6.45) is 3.97. The van der Waals surface area contributed by atoms with Crippen LogP contribution in [-0.2, 0) is 4.79 Å². The summed E-state index contributed by atoms with van der Waals surface area (Å²) in [5, 5.41) is 3.08. The van der Waals surface area contributed by atoms with E-state index in [1.54, 1.807) is 0 Å². The molecule has 3 nitrogen and oxygen atoms in total. The van der Waals surface area contributed by atoms with Crippen molar-refractivity contribution in [3.8, 4) is 0 Å². The molecule has 1 atom stereocenters. The van der Waals surface area contributed by atoms with Crippen LogP contribution in [0.1, 0.15) is 26.2 Å². The topological polar surface area (TPSA) is 32.3 Å². The van der Waals surface area contributed by atoms with Gasteiger partial charge in [0.15, 0.2) is 0 Å². The predicted octanol–water partition coefficient (Wildman–Crippen LogP) is 0.564. The lowest BCUT2D eigenvalue weighted by atomic mass is 9.80. The van der Waals surface area contributed by atoms with E-state index in [0.29, 0.717) is 12.6 Å². The van der Waals surface area contributed by atoms with Gasteiger partial charge in [-0.05, 0) is 25.7 Å². The summed E-state index contributed by atoms with van der Waals surface area (Å²) in [5.41, 5.74) is 0. The minimum Gasteiger partial charge on any atom is -0.326 e. The summed E-state index contributed by atoms with van der Waals surface area (Å²) >= 11 is 0. The van der Waals surface area contributed by atoms with Gasteiger partial charge in [0.25, 0.3) is 0 Å². The number of carbonyl (C=O) groups excluding carboxylic acids is 1. The van der Waals surface area contributed by atoms with Gasteiger partial charge in [0.1, 0.15) is 0 Å². The van der Waals surface area contributed by atoms with Crippen LogP contribution in [0.5, 0.6) is 0 Å². The first-order valence-electron chi connectivity index (χ1n) is 4.79. The van der Waals surface area contributed by atoms with Crippen LogP contribution >= 0.6 is 0 Å². The van der Waals surface area contributed by atoms with Crippen LogP contribution in [0.25, 0.3) is 0 Å². The van der Waals surface area contributed by atoms with Crippen molar-refractivity contribution in [1.82, 2.24) is 10.2 Å². The van der Waals surface area contributed by atoms with Gasteiger partial charge in [0.2, 0.25) is 5.91 Å². The van der Waals surface area contributed by atoms with Crippen molar-refractivity contribution in [2.24, 2.45) is 5.92 Å². The second-order valence-electron chi connectivity index (χ2n) is 3.88. The molecule has 1 saturated heterocycles. The fourth-order valence-electron chi connectivity index (χ4n) is 2.02. The number of hydrogen-bond donors (Lipinski definition) is 1. The Hall–Kier alpha value is -0.570. The maximum Gasteiger partial charge on any atom is 0.237 e. The van der Waals surface area contributed by atoms with E-state index in [4.69, 9.17) is 0 Å². The van der Waals surface area contributed by atoms with Gasteiger partial charge in [-0.3, -0.25) is 10.1 Å². The molecule has 2 rings (SSSR count). The third-order valence-electron chi connectivity index (χ3n) is 3.20. The van der Waals surface area contributed by atoms with E-state index < -0.39 is 0 Å². The number of carbonyl (C=O) groups is 1. The van der Waals surface area contributed by atoms with Gasteiger partial charge in [-0.2, -0.15) is 0 Å². The second-order valence-corrected chi connectivity index (χ2v) is 3.88. The van der Waals surface area contributed by atoms with Gasteiger partial charge >= 0.3 is 0 Å². The third kappa shape index (κ3) is 1.22. The Bertz CT molecular complexity index is 189. The van der Waals surface area contributed by atoms with Crippen LogP contribution in [0.3, 0.4) is 0 Å². The summed E-state index contributed by atoms with van der Waals surface area (Å²) in [6, 6.07) is 0.459. The molecule has 0 radical (unpaired) electrons. The molecule has 0 aromatic rings. The summed E-state index contributed by atoms with van der Waals surface area (Å²) < 4.78 is 0. The number of amides is 1. The number of rotatable bonds is 2. The molecule has 0 spiro atoms. The SMILES string of the molecule is CC(C1CCC1)N1CNCC1=O. The first-order chi connectivity index (χ1) is 5.79. The zero-order valence-electron chi connectivity index (χ0n) is 7.55. The van der Waals surface area contributed by atoms with Crippen molar-refractivity contribution in [2.45, 2.75) is 32.2 Å². The lowest BCUT2D eigenvalue weighted by molar-refractivity contribution is -0.129. The van der Waals surface area contributed by atoms with Gasteiger partial charge in [-0.1, -0.05) is 6.42 Å². The number of hydrogen-bond acceptors (Lipinski definition) is 2.